The SMILES string of the molecule is CC(=NOCc1cccc(C)c1)c1ccc(Cl)c(CNC(=O)CNC(=O)O)c1. The van der Waals surface area contributed by atoms with Crippen molar-refractivity contribution in [3.63, 3.8) is 0 Å². The molecule has 148 valence electrons. The molecule has 0 radical (unpaired) electrons. The number of rotatable bonds is 8. The Hall–Kier alpha value is -3.06. The molecule has 0 aliphatic heterocycles. The van der Waals surface area contributed by atoms with Crippen LogP contribution in [0.1, 0.15) is 29.2 Å². The van der Waals surface area contributed by atoms with Gasteiger partial charge in [0, 0.05) is 11.6 Å². The zero-order valence-corrected chi connectivity index (χ0v) is 16.4. The van der Waals surface area contributed by atoms with E-state index in [2.05, 4.69) is 10.5 Å². The first-order valence-corrected chi connectivity index (χ1v) is 8.97. The second-order valence-electron chi connectivity index (χ2n) is 6.18. The topological polar surface area (TPSA) is 100 Å². The van der Waals surface area contributed by atoms with Gasteiger partial charge in [-0.15, -0.1) is 0 Å². The quantitative estimate of drug-likeness (QED) is 0.464. The van der Waals surface area contributed by atoms with Gasteiger partial charge in [0.25, 0.3) is 0 Å². The zero-order chi connectivity index (χ0) is 20.5. The van der Waals surface area contributed by atoms with E-state index in [0.29, 0.717) is 22.9 Å². The number of nitrogens with one attached hydrogen (secondary N) is 2. The maximum atomic E-state index is 11.6. The number of amides is 2. The molecule has 0 unspecified atom stereocenters. The summed E-state index contributed by atoms with van der Waals surface area (Å²) in [5, 5.41) is 17.8. The standard InChI is InChI=1S/C20H22ClN3O4/c1-13-4-3-5-15(8-13)12-28-24-14(2)16-6-7-18(21)17(9-16)10-22-19(25)11-23-20(26)27/h3-9,23H,10-12H2,1-2H3,(H,22,25)(H,26,27). The Bertz CT molecular complexity index is 884. The molecular weight excluding hydrogens is 382 g/mol. The molecule has 0 atom stereocenters. The Morgan fingerprint density at radius 3 is 2.68 bits per heavy atom. The van der Waals surface area contributed by atoms with Crippen LogP contribution in [0, 0.1) is 6.92 Å². The third kappa shape index (κ3) is 6.92. The van der Waals surface area contributed by atoms with E-state index in [-0.39, 0.29) is 13.1 Å². The van der Waals surface area contributed by atoms with Crippen molar-refractivity contribution in [2.45, 2.75) is 27.0 Å². The summed E-state index contributed by atoms with van der Waals surface area (Å²) in [5.41, 5.74) is 4.36. The van der Waals surface area contributed by atoms with Gasteiger partial charge in [0.05, 0.1) is 12.3 Å². The van der Waals surface area contributed by atoms with Gasteiger partial charge in [0.15, 0.2) is 0 Å². The fourth-order valence-electron chi connectivity index (χ4n) is 2.41. The van der Waals surface area contributed by atoms with Gasteiger partial charge in [-0.3, -0.25) is 4.79 Å². The molecule has 2 rings (SSSR count). The average molecular weight is 404 g/mol. The van der Waals surface area contributed by atoms with Crippen molar-refractivity contribution in [3.05, 3.63) is 69.7 Å². The van der Waals surface area contributed by atoms with E-state index in [1.54, 1.807) is 6.07 Å². The normalized spacial score (nSPS) is 11.0. The lowest BCUT2D eigenvalue weighted by Gasteiger charge is -2.10. The molecule has 0 saturated heterocycles. The Balaban J connectivity index is 1.96. The maximum absolute atomic E-state index is 11.6. The number of nitrogens with zero attached hydrogens (tertiary/aromatic N) is 1. The molecule has 3 N–H and O–H groups in total. The Kier molecular flexibility index (Phi) is 7.83. The van der Waals surface area contributed by atoms with E-state index in [4.69, 9.17) is 21.5 Å². The smallest absolute Gasteiger partial charge is 0.405 e. The lowest BCUT2D eigenvalue weighted by molar-refractivity contribution is -0.120. The minimum atomic E-state index is -1.26. The van der Waals surface area contributed by atoms with Crippen molar-refractivity contribution < 1.29 is 19.5 Å². The molecular formula is C20H22ClN3O4. The number of hydrogen-bond donors (Lipinski definition) is 3. The van der Waals surface area contributed by atoms with Crippen molar-refractivity contribution in [2.24, 2.45) is 5.16 Å². The molecule has 0 aliphatic rings. The monoisotopic (exact) mass is 403 g/mol. The highest BCUT2D eigenvalue weighted by Crippen LogP contribution is 2.18. The van der Waals surface area contributed by atoms with Gasteiger partial charge in [-0.05, 0) is 42.7 Å². The summed E-state index contributed by atoms with van der Waals surface area (Å²) in [6.45, 7) is 4.05. The van der Waals surface area contributed by atoms with Crippen molar-refractivity contribution in [2.75, 3.05) is 6.54 Å². The first-order valence-electron chi connectivity index (χ1n) is 8.59. The van der Waals surface area contributed by atoms with Gasteiger partial charge in [0.1, 0.15) is 6.61 Å². The summed E-state index contributed by atoms with van der Waals surface area (Å²) in [6.07, 6.45) is -1.26. The van der Waals surface area contributed by atoms with Crippen LogP contribution in [0.15, 0.2) is 47.6 Å². The first kappa shape index (κ1) is 21.2. The average Bonchev–Trinajstić information content (AvgIpc) is 2.65. The molecule has 0 heterocycles. The maximum Gasteiger partial charge on any atom is 0.405 e. The van der Waals surface area contributed by atoms with E-state index in [1.165, 1.54) is 0 Å². The van der Waals surface area contributed by atoms with E-state index in [1.807, 2.05) is 55.6 Å². The third-order valence-electron chi connectivity index (χ3n) is 3.85. The fourth-order valence-corrected chi connectivity index (χ4v) is 2.59. The summed E-state index contributed by atoms with van der Waals surface area (Å²) in [4.78, 5) is 27.5. The molecule has 0 aliphatic carbocycles. The van der Waals surface area contributed by atoms with Crippen LogP contribution in [0.5, 0.6) is 0 Å². The van der Waals surface area contributed by atoms with Crippen LogP contribution in [-0.2, 0) is 22.8 Å². The Labute approximate surface area is 168 Å². The largest absolute Gasteiger partial charge is 0.465 e. The summed E-state index contributed by atoms with van der Waals surface area (Å²) in [6, 6.07) is 13.3. The second-order valence-corrected chi connectivity index (χ2v) is 6.59. The number of aryl methyl sites for hydroxylation is 1. The molecule has 0 bridgehead atoms. The summed E-state index contributed by atoms with van der Waals surface area (Å²) < 4.78 is 0. The van der Waals surface area contributed by atoms with Crippen LogP contribution in [0.3, 0.4) is 0 Å². The summed E-state index contributed by atoms with van der Waals surface area (Å²) in [5.74, 6) is -0.448. The molecule has 8 heteroatoms. The Morgan fingerprint density at radius 2 is 1.96 bits per heavy atom. The van der Waals surface area contributed by atoms with Crippen LogP contribution >= 0.6 is 11.6 Å². The van der Waals surface area contributed by atoms with Gasteiger partial charge in [-0.2, -0.15) is 0 Å². The molecule has 0 saturated carbocycles. The molecule has 2 aromatic carbocycles. The minimum absolute atomic E-state index is 0.171. The third-order valence-corrected chi connectivity index (χ3v) is 4.22. The van der Waals surface area contributed by atoms with Crippen LogP contribution in [0.4, 0.5) is 4.79 Å². The van der Waals surface area contributed by atoms with Gasteiger partial charge in [-0.1, -0.05) is 52.7 Å². The molecule has 28 heavy (non-hydrogen) atoms. The number of carboxylic acid groups (broad SMARTS) is 1. The van der Waals surface area contributed by atoms with Crippen LogP contribution in [-0.4, -0.2) is 29.4 Å². The number of halogens is 1. The molecule has 2 aromatic rings. The van der Waals surface area contributed by atoms with E-state index >= 15 is 0 Å². The predicted octanol–water partition coefficient (Wildman–Crippen LogP) is 3.47. The van der Waals surface area contributed by atoms with Gasteiger partial charge in [-0.25, -0.2) is 4.79 Å². The van der Waals surface area contributed by atoms with E-state index in [0.717, 1.165) is 16.7 Å². The van der Waals surface area contributed by atoms with Crippen molar-refractivity contribution in [1.82, 2.24) is 10.6 Å². The molecule has 0 aromatic heterocycles. The fraction of sp³-hybridized carbons (Fsp3) is 0.250. The first-order chi connectivity index (χ1) is 13.3. The minimum Gasteiger partial charge on any atom is -0.465 e. The van der Waals surface area contributed by atoms with Crippen LogP contribution < -0.4 is 10.6 Å². The Morgan fingerprint density at radius 1 is 1.18 bits per heavy atom. The highest BCUT2D eigenvalue weighted by Gasteiger charge is 2.08. The van der Waals surface area contributed by atoms with Crippen molar-refractivity contribution in [3.8, 4) is 0 Å². The number of hydrogen-bond acceptors (Lipinski definition) is 4. The molecule has 2 amide bonds. The highest BCUT2D eigenvalue weighted by atomic mass is 35.5. The predicted molar refractivity (Wildman–Crippen MR) is 108 cm³/mol. The van der Waals surface area contributed by atoms with E-state index < -0.39 is 12.0 Å². The van der Waals surface area contributed by atoms with Crippen LogP contribution in [0.2, 0.25) is 5.02 Å². The number of benzene rings is 2. The number of carbonyl (C=O) groups excluding carboxylic acids is 1. The number of carbonyl (C=O) groups is 2. The zero-order valence-electron chi connectivity index (χ0n) is 15.7. The molecule has 0 fully saturated rings. The van der Waals surface area contributed by atoms with Crippen LogP contribution in [0.25, 0.3) is 0 Å². The van der Waals surface area contributed by atoms with Crippen molar-refractivity contribution in [1.29, 1.82) is 0 Å². The summed E-state index contributed by atoms with van der Waals surface area (Å²) in [7, 11) is 0. The second kappa shape index (κ2) is 10.3. The lowest BCUT2D eigenvalue weighted by Crippen LogP contribution is -2.35. The van der Waals surface area contributed by atoms with E-state index in [9.17, 15) is 9.59 Å². The van der Waals surface area contributed by atoms with Gasteiger partial charge in [0.2, 0.25) is 5.91 Å². The number of oxime groups is 1. The van der Waals surface area contributed by atoms with Crippen molar-refractivity contribution >= 4 is 29.3 Å². The molecule has 7 nitrogen and oxygen atoms in total. The van der Waals surface area contributed by atoms with Gasteiger partial charge >= 0.3 is 6.09 Å². The summed E-state index contributed by atoms with van der Waals surface area (Å²) >= 11 is 6.18. The molecule has 0 spiro atoms. The highest BCUT2D eigenvalue weighted by molar-refractivity contribution is 6.31. The van der Waals surface area contributed by atoms with Gasteiger partial charge < -0.3 is 20.6 Å². The lowest BCUT2D eigenvalue weighted by atomic mass is 10.1.